The largest absolute Gasteiger partial charge is 0.343 e. The van der Waals surface area contributed by atoms with Gasteiger partial charge < -0.3 is 4.90 Å². The lowest BCUT2D eigenvalue weighted by Crippen LogP contribution is -2.39. The molecule has 1 atom stereocenters. The summed E-state index contributed by atoms with van der Waals surface area (Å²) in [6.07, 6.45) is 14.5. The molecule has 0 bridgehead atoms. The highest BCUT2D eigenvalue weighted by Crippen LogP contribution is 2.29. The minimum atomic E-state index is 0.325. The van der Waals surface area contributed by atoms with Crippen molar-refractivity contribution in [2.45, 2.75) is 89.1 Å². The number of hydrogen-bond acceptors (Lipinski definition) is 3. The molecular formula is C17H32N2OS. The van der Waals surface area contributed by atoms with Crippen molar-refractivity contribution in [2.24, 2.45) is 5.92 Å². The maximum absolute atomic E-state index is 12.4. The van der Waals surface area contributed by atoms with E-state index in [0.717, 1.165) is 6.42 Å². The van der Waals surface area contributed by atoms with Crippen molar-refractivity contribution in [1.82, 2.24) is 9.62 Å². The summed E-state index contributed by atoms with van der Waals surface area (Å²) in [5.41, 5.74) is 0. The van der Waals surface area contributed by atoms with E-state index in [9.17, 15) is 4.79 Å². The summed E-state index contributed by atoms with van der Waals surface area (Å²) >= 11 is 4.31. The first-order chi connectivity index (χ1) is 10.2. The minimum Gasteiger partial charge on any atom is -0.343 e. The lowest BCUT2D eigenvalue weighted by molar-refractivity contribution is -0.132. The van der Waals surface area contributed by atoms with E-state index in [2.05, 4.69) is 17.5 Å². The average Bonchev–Trinajstić information content (AvgIpc) is 2.56. The molecule has 0 spiro atoms. The van der Waals surface area contributed by atoms with E-state index < -0.39 is 0 Å². The van der Waals surface area contributed by atoms with Gasteiger partial charge in [-0.1, -0.05) is 51.3 Å². The molecule has 2 aliphatic carbocycles. The fourth-order valence-corrected chi connectivity index (χ4v) is 4.41. The van der Waals surface area contributed by atoms with Crippen LogP contribution in [0.15, 0.2) is 0 Å². The van der Waals surface area contributed by atoms with Gasteiger partial charge >= 0.3 is 0 Å². The van der Waals surface area contributed by atoms with Crippen LogP contribution in [0.5, 0.6) is 0 Å². The van der Waals surface area contributed by atoms with Crippen molar-refractivity contribution in [1.29, 1.82) is 0 Å². The van der Waals surface area contributed by atoms with Gasteiger partial charge in [0.15, 0.2) is 0 Å². The molecule has 0 radical (unpaired) electrons. The van der Waals surface area contributed by atoms with Crippen molar-refractivity contribution < 1.29 is 4.79 Å². The van der Waals surface area contributed by atoms with Gasteiger partial charge in [-0.05, 0) is 38.0 Å². The third kappa shape index (κ3) is 5.17. The number of rotatable bonds is 6. The molecule has 4 heteroatoms. The lowest BCUT2D eigenvalue weighted by Gasteiger charge is -2.33. The van der Waals surface area contributed by atoms with Crippen molar-refractivity contribution >= 4 is 18.7 Å². The van der Waals surface area contributed by atoms with E-state index in [4.69, 9.17) is 0 Å². The van der Waals surface area contributed by atoms with Crippen LogP contribution in [0.3, 0.4) is 0 Å². The van der Waals surface area contributed by atoms with E-state index in [1.807, 2.05) is 11.9 Å². The highest BCUT2D eigenvalue weighted by molar-refractivity contribution is 7.78. The predicted molar refractivity (Wildman–Crippen MR) is 91.4 cm³/mol. The molecule has 3 nitrogen and oxygen atoms in total. The van der Waals surface area contributed by atoms with Gasteiger partial charge in [0.2, 0.25) is 5.91 Å². The summed E-state index contributed by atoms with van der Waals surface area (Å²) in [5, 5.41) is 0. The fourth-order valence-electron chi connectivity index (χ4n) is 4.07. The molecule has 1 amide bonds. The van der Waals surface area contributed by atoms with Crippen LogP contribution in [0.25, 0.3) is 0 Å². The van der Waals surface area contributed by atoms with Crippen LogP contribution in [0, 0.1) is 5.92 Å². The Labute approximate surface area is 135 Å². The zero-order valence-corrected chi connectivity index (χ0v) is 14.4. The number of carbonyl (C=O) groups is 1. The summed E-state index contributed by atoms with van der Waals surface area (Å²) in [6, 6.07) is 0.890. The Kier molecular flexibility index (Phi) is 7.38. The summed E-state index contributed by atoms with van der Waals surface area (Å²) < 4.78 is 3.17. The lowest BCUT2D eigenvalue weighted by atomic mass is 9.82. The molecule has 2 fully saturated rings. The van der Waals surface area contributed by atoms with Crippen LogP contribution in [0.2, 0.25) is 0 Å². The van der Waals surface area contributed by atoms with Gasteiger partial charge in [-0.2, -0.15) is 0 Å². The second-order valence-electron chi connectivity index (χ2n) is 6.97. The Hall–Kier alpha value is -0.220. The number of carbonyl (C=O) groups excluding carboxylic acids is 1. The number of thiol groups is 1. The molecule has 2 rings (SSSR count). The number of nitrogens with one attached hydrogen (secondary N) is 1. The molecule has 122 valence electrons. The quantitative estimate of drug-likeness (QED) is 0.728. The molecule has 1 N–H and O–H groups in total. The average molecular weight is 313 g/mol. The SMILES string of the molecule is CN(C(=O)CCC(NS)C1CCCCC1)C1CCCCC1. The minimum absolute atomic E-state index is 0.325. The standard InChI is InChI=1S/C17H32N2OS/c1-19(15-10-6-3-7-11-15)17(20)13-12-16(18-21)14-8-4-2-5-9-14/h14-16,18,21H,2-13H2,1H3. The Balaban J connectivity index is 1.75. The highest BCUT2D eigenvalue weighted by atomic mass is 32.1. The summed E-state index contributed by atoms with van der Waals surface area (Å²) in [4.78, 5) is 14.4. The first kappa shape index (κ1) is 17.1. The van der Waals surface area contributed by atoms with E-state index in [-0.39, 0.29) is 0 Å². The first-order valence-corrected chi connectivity index (χ1v) is 9.32. The van der Waals surface area contributed by atoms with Crippen LogP contribution in [0.4, 0.5) is 0 Å². The first-order valence-electron chi connectivity index (χ1n) is 8.87. The molecule has 21 heavy (non-hydrogen) atoms. The highest BCUT2D eigenvalue weighted by Gasteiger charge is 2.26. The van der Waals surface area contributed by atoms with E-state index in [0.29, 0.717) is 30.3 Å². The molecule has 0 aliphatic heterocycles. The Bertz CT molecular complexity index is 312. The molecular weight excluding hydrogens is 280 g/mol. The topological polar surface area (TPSA) is 32.3 Å². The Morgan fingerprint density at radius 1 is 1.10 bits per heavy atom. The molecule has 0 heterocycles. The van der Waals surface area contributed by atoms with Crippen LogP contribution in [0.1, 0.15) is 77.0 Å². The third-order valence-electron chi connectivity index (χ3n) is 5.57. The van der Waals surface area contributed by atoms with Crippen LogP contribution >= 0.6 is 12.8 Å². The fraction of sp³-hybridized carbons (Fsp3) is 0.941. The van der Waals surface area contributed by atoms with Crippen molar-refractivity contribution in [2.75, 3.05) is 7.05 Å². The van der Waals surface area contributed by atoms with Gasteiger partial charge in [-0.25, -0.2) is 0 Å². The van der Waals surface area contributed by atoms with E-state index in [1.54, 1.807) is 0 Å². The van der Waals surface area contributed by atoms with Crippen LogP contribution < -0.4 is 4.72 Å². The van der Waals surface area contributed by atoms with Gasteiger partial charge in [0, 0.05) is 25.6 Å². The zero-order chi connectivity index (χ0) is 15.1. The van der Waals surface area contributed by atoms with Gasteiger partial charge in [-0.15, -0.1) is 0 Å². The predicted octanol–water partition coefficient (Wildman–Crippen LogP) is 3.94. The zero-order valence-electron chi connectivity index (χ0n) is 13.5. The molecule has 0 aromatic heterocycles. The van der Waals surface area contributed by atoms with Crippen LogP contribution in [-0.2, 0) is 4.79 Å². The third-order valence-corrected chi connectivity index (χ3v) is 5.90. The Morgan fingerprint density at radius 3 is 2.24 bits per heavy atom. The van der Waals surface area contributed by atoms with Crippen molar-refractivity contribution in [3.63, 3.8) is 0 Å². The van der Waals surface area contributed by atoms with E-state index in [1.165, 1.54) is 64.2 Å². The number of amides is 1. The molecule has 0 saturated heterocycles. The second kappa shape index (κ2) is 9.04. The smallest absolute Gasteiger partial charge is 0.222 e. The summed E-state index contributed by atoms with van der Waals surface area (Å²) in [6.45, 7) is 0. The number of hydrogen-bond donors (Lipinski definition) is 2. The molecule has 0 aromatic rings. The van der Waals surface area contributed by atoms with Gasteiger partial charge in [0.25, 0.3) is 0 Å². The monoisotopic (exact) mass is 312 g/mol. The maximum Gasteiger partial charge on any atom is 0.222 e. The molecule has 1 unspecified atom stereocenters. The Morgan fingerprint density at radius 2 is 1.67 bits per heavy atom. The van der Waals surface area contributed by atoms with Gasteiger partial charge in [0.1, 0.15) is 0 Å². The molecule has 0 aromatic carbocycles. The summed E-state index contributed by atoms with van der Waals surface area (Å²) in [7, 11) is 2.00. The van der Waals surface area contributed by atoms with Crippen LogP contribution in [-0.4, -0.2) is 29.9 Å². The van der Waals surface area contributed by atoms with Crippen molar-refractivity contribution in [3.8, 4) is 0 Å². The maximum atomic E-state index is 12.4. The summed E-state index contributed by atoms with van der Waals surface area (Å²) in [5.74, 6) is 1.04. The molecule has 2 aliphatic rings. The van der Waals surface area contributed by atoms with Gasteiger partial charge in [0.05, 0.1) is 0 Å². The number of nitrogens with zero attached hydrogens (tertiary/aromatic N) is 1. The second-order valence-corrected chi connectivity index (χ2v) is 7.23. The normalized spacial score (nSPS) is 23.0. The van der Waals surface area contributed by atoms with Gasteiger partial charge in [-0.3, -0.25) is 9.52 Å². The molecule has 2 saturated carbocycles. The van der Waals surface area contributed by atoms with Crippen molar-refractivity contribution in [3.05, 3.63) is 0 Å². The van der Waals surface area contributed by atoms with E-state index >= 15 is 0 Å².